The first kappa shape index (κ1) is 40.8. The van der Waals surface area contributed by atoms with E-state index in [-0.39, 0.29) is 43.0 Å². The summed E-state index contributed by atoms with van der Waals surface area (Å²) in [7, 11) is 0. The Bertz CT molecular complexity index is 1370. The predicted molar refractivity (Wildman–Crippen MR) is 180 cm³/mol. The highest BCUT2D eigenvalue weighted by molar-refractivity contribution is 7.99. The molecule has 0 spiro atoms. The molecule has 0 bridgehead atoms. The highest BCUT2D eigenvalue weighted by atomic mass is 32.2. The average molecular weight is 706 g/mol. The van der Waals surface area contributed by atoms with Crippen molar-refractivity contribution in [2.45, 2.75) is 95.9 Å². The molecular weight excluding hydrogens is 658 g/mol. The molecule has 6 atom stereocenters. The van der Waals surface area contributed by atoms with Gasteiger partial charge in [-0.05, 0) is 49.1 Å². The van der Waals surface area contributed by atoms with Crippen molar-refractivity contribution in [3.63, 3.8) is 0 Å². The topological polar surface area (TPSA) is 269 Å². The molecule has 1 saturated heterocycles. The lowest BCUT2D eigenvalue weighted by molar-refractivity contribution is -0.141. The third-order valence-corrected chi connectivity index (χ3v) is 9.14. The lowest BCUT2D eigenvalue weighted by Crippen LogP contribution is -2.60. The SMILES string of the molecule is CC[C@H](C)[C@@H]1NC(=O)[C@H](Cc2ccc(O)cc2)NC(=O)CCCSC[C@@H](C(C)=O)NN[C@@H](CC(N)=O)C(=O)C(=O)C(CCC(N)=O)NC1=O. The van der Waals surface area contributed by atoms with Crippen LogP contribution in [0.3, 0.4) is 0 Å². The molecule has 10 N–H and O–H groups in total. The minimum atomic E-state index is -1.58. The molecule has 17 heteroatoms. The summed E-state index contributed by atoms with van der Waals surface area (Å²) >= 11 is 1.34. The zero-order chi connectivity index (χ0) is 36.7. The van der Waals surface area contributed by atoms with Gasteiger partial charge in [0.2, 0.25) is 41.1 Å². The minimum Gasteiger partial charge on any atom is -0.508 e. The van der Waals surface area contributed by atoms with Gasteiger partial charge in [-0.1, -0.05) is 32.4 Å². The Hall–Kier alpha value is -4.35. The van der Waals surface area contributed by atoms with Gasteiger partial charge in [-0.15, -0.1) is 0 Å². The second-order valence-corrected chi connectivity index (χ2v) is 13.2. The third kappa shape index (κ3) is 14.0. The number of benzene rings is 1. The van der Waals surface area contributed by atoms with Gasteiger partial charge in [0.15, 0.2) is 0 Å². The van der Waals surface area contributed by atoms with Crippen LogP contribution in [0.25, 0.3) is 0 Å². The van der Waals surface area contributed by atoms with Crippen LogP contribution in [0, 0.1) is 5.92 Å². The highest BCUT2D eigenvalue weighted by Gasteiger charge is 2.37. The van der Waals surface area contributed by atoms with E-state index < -0.39 is 83.7 Å². The van der Waals surface area contributed by atoms with E-state index in [0.29, 0.717) is 24.2 Å². The van der Waals surface area contributed by atoms with Crippen molar-refractivity contribution in [1.82, 2.24) is 26.8 Å². The van der Waals surface area contributed by atoms with Gasteiger partial charge in [-0.3, -0.25) is 38.4 Å². The van der Waals surface area contributed by atoms with E-state index in [1.165, 1.54) is 30.8 Å². The molecule has 0 saturated carbocycles. The van der Waals surface area contributed by atoms with Crippen molar-refractivity contribution < 1.29 is 43.5 Å². The first-order valence-corrected chi connectivity index (χ1v) is 17.2. The van der Waals surface area contributed by atoms with Crippen LogP contribution in [0.5, 0.6) is 5.75 Å². The number of phenols is 1. The summed E-state index contributed by atoms with van der Waals surface area (Å²) < 4.78 is 0. The molecule has 0 radical (unpaired) electrons. The number of carbonyl (C=O) groups excluding carboxylic acids is 8. The van der Waals surface area contributed by atoms with Crippen molar-refractivity contribution >= 4 is 58.6 Å². The van der Waals surface area contributed by atoms with Gasteiger partial charge in [0, 0.05) is 25.0 Å². The Labute approximate surface area is 289 Å². The summed E-state index contributed by atoms with van der Waals surface area (Å²) in [5.74, 6) is -6.15. The number of carbonyl (C=O) groups is 8. The Morgan fingerprint density at radius 1 is 0.898 bits per heavy atom. The molecule has 5 amide bonds. The van der Waals surface area contributed by atoms with Gasteiger partial charge >= 0.3 is 0 Å². The standard InChI is InChI=1S/C32H47N7O9S/c1-4-17(2)28-32(48)36-21(11-12-25(33)42)29(45)30(46)22(15-26(34)43)38-39-24(18(3)40)16-49-13-5-6-27(44)35-23(31(47)37-28)14-19-7-9-20(41)10-8-19/h7-10,17,21-24,28,38-39,41H,4-6,11-16H2,1-3H3,(H2,33,42)(H2,34,43)(H,35,44)(H,36,48)(H,37,47)/t17-,21?,22-,23-,24-,28-/m0/s1. The smallest absolute Gasteiger partial charge is 0.243 e. The Balaban J connectivity index is 2.52. The van der Waals surface area contributed by atoms with Crippen molar-refractivity contribution in [2.24, 2.45) is 17.4 Å². The Morgan fingerprint density at radius 3 is 2.14 bits per heavy atom. The summed E-state index contributed by atoms with van der Waals surface area (Å²) in [5.41, 5.74) is 16.5. The number of primary amides is 2. The maximum atomic E-state index is 13.7. The van der Waals surface area contributed by atoms with E-state index in [1.807, 2.05) is 0 Å². The van der Waals surface area contributed by atoms with Crippen molar-refractivity contribution in [2.75, 3.05) is 11.5 Å². The van der Waals surface area contributed by atoms with Crippen LogP contribution < -0.4 is 38.3 Å². The molecule has 1 heterocycles. The van der Waals surface area contributed by atoms with Crippen molar-refractivity contribution in [1.29, 1.82) is 0 Å². The third-order valence-electron chi connectivity index (χ3n) is 8.00. The molecule has 1 aliphatic rings. The largest absolute Gasteiger partial charge is 0.508 e. The predicted octanol–water partition coefficient (Wildman–Crippen LogP) is -1.34. The molecule has 0 aromatic heterocycles. The normalized spacial score (nSPS) is 24.6. The van der Waals surface area contributed by atoms with Crippen LogP contribution in [0.4, 0.5) is 0 Å². The van der Waals surface area contributed by atoms with Crippen molar-refractivity contribution in [3.8, 4) is 5.75 Å². The summed E-state index contributed by atoms with van der Waals surface area (Å²) in [5, 5.41) is 17.6. The number of hydrazine groups is 1. The zero-order valence-corrected chi connectivity index (χ0v) is 28.7. The van der Waals surface area contributed by atoms with Gasteiger partial charge < -0.3 is 32.5 Å². The van der Waals surface area contributed by atoms with Crippen LogP contribution in [0.15, 0.2) is 24.3 Å². The second-order valence-electron chi connectivity index (χ2n) is 12.0. The number of Topliss-reactive ketones (excluding diaryl/α,β-unsaturated/α-hetero) is 3. The Kier molecular flexibility index (Phi) is 16.9. The number of thioether (sulfide) groups is 1. The summed E-state index contributed by atoms with van der Waals surface area (Å²) in [6.07, 6.45) is -0.514. The van der Waals surface area contributed by atoms with E-state index in [9.17, 15) is 43.5 Å². The van der Waals surface area contributed by atoms with E-state index in [2.05, 4.69) is 26.8 Å². The lowest BCUT2D eigenvalue weighted by atomic mass is 9.94. The van der Waals surface area contributed by atoms with Crippen LogP contribution in [0.2, 0.25) is 0 Å². The lowest BCUT2D eigenvalue weighted by Gasteiger charge is -2.29. The first-order valence-electron chi connectivity index (χ1n) is 16.0. The molecule has 270 valence electrons. The van der Waals surface area contributed by atoms with Crippen LogP contribution in [0.1, 0.15) is 64.9 Å². The number of ketones is 3. The first-order chi connectivity index (χ1) is 23.1. The number of nitrogens with one attached hydrogen (secondary N) is 5. The van der Waals surface area contributed by atoms with Crippen LogP contribution in [-0.4, -0.2) is 93.7 Å². The highest BCUT2D eigenvalue weighted by Crippen LogP contribution is 2.15. The molecule has 1 aromatic rings. The monoisotopic (exact) mass is 705 g/mol. The zero-order valence-electron chi connectivity index (χ0n) is 27.9. The minimum absolute atomic E-state index is 0.0114. The molecule has 1 fully saturated rings. The van der Waals surface area contributed by atoms with Gasteiger partial charge in [0.05, 0.1) is 24.5 Å². The number of rotatable bonds is 10. The fourth-order valence-corrected chi connectivity index (χ4v) is 5.94. The fourth-order valence-electron chi connectivity index (χ4n) is 4.87. The average Bonchev–Trinajstić information content (AvgIpc) is 3.04. The van der Waals surface area contributed by atoms with Crippen molar-refractivity contribution in [3.05, 3.63) is 29.8 Å². The van der Waals surface area contributed by atoms with Gasteiger partial charge in [-0.25, -0.2) is 10.9 Å². The molecule has 1 aliphatic heterocycles. The molecule has 16 nitrogen and oxygen atoms in total. The second kappa shape index (κ2) is 20.2. The number of phenolic OH excluding ortho intramolecular Hbond substituents is 1. The number of nitrogens with two attached hydrogens (primary N) is 2. The van der Waals surface area contributed by atoms with Gasteiger partial charge in [-0.2, -0.15) is 11.8 Å². The molecule has 1 aromatic carbocycles. The number of hydrogen-bond donors (Lipinski definition) is 8. The van der Waals surface area contributed by atoms with E-state index in [0.717, 1.165) is 0 Å². The maximum Gasteiger partial charge on any atom is 0.243 e. The number of aromatic hydroxyl groups is 1. The quantitative estimate of drug-likeness (QED) is 0.132. The Morgan fingerprint density at radius 2 is 1.55 bits per heavy atom. The molecular formula is C32H47N7O9S. The van der Waals surface area contributed by atoms with Gasteiger partial charge in [0.25, 0.3) is 0 Å². The molecule has 0 aliphatic carbocycles. The fraction of sp³-hybridized carbons (Fsp3) is 0.562. The van der Waals surface area contributed by atoms with Crippen LogP contribution in [-0.2, 0) is 44.8 Å². The van der Waals surface area contributed by atoms with E-state index >= 15 is 0 Å². The molecule has 49 heavy (non-hydrogen) atoms. The maximum absolute atomic E-state index is 13.7. The van der Waals surface area contributed by atoms with Gasteiger partial charge in [0.1, 0.15) is 23.6 Å². The van der Waals surface area contributed by atoms with E-state index in [4.69, 9.17) is 11.5 Å². The number of amides is 5. The van der Waals surface area contributed by atoms with Crippen LogP contribution >= 0.6 is 11.8 Å². The summed E-state index contributed by atoms with van der Waals surface area (Å²) in [6, 6.07) is -0.279. The summed E-state index contributed by atoms with van der Waals surface area (Å²) in [6.45, 7) is 4.77. The molecule has 1 unspecified atom stereocenters. The summed E-state index contributed by atoms with van der Waals surface area (Å²) in [4.78, 5) is 103. The van der Waals surface area contributed by atoms with E-state index in [1.54, 1.807) is 26.0 Å². The molecule has 2 rings (SSSR count). The number of hydrogen-bond acceptors (Lipinski definition) is 12.